The molecule has 1 aliphatic heterocycles. The van der Waals surface area contributed by atoms with Gasteiger partial charge in [-0.25, -0.2) is 8.42 Å². The molecule has 1 N–H and O–H groups in total. The molecule has 1 saturated heterocycles. The summed E-state index contributed by atoms with van der Waals surface area (Å²) in [5.74, 6) is 0.0117. The fourth-order valence-electron chi connectivity index (χ4n) is 3.97. The van der Waals surface area contributed by atoms with Crippen LogP contribution in [0.1, 0.15) is 24.0 Å². The van der Waals surface area contributed by atoms with Crippen molar-refractivity contribution in [2.24, 2.45) is 5.92 Å². The van der Waals surface area contributed by atoms with E-state index in [4.69, 9.17) is 9.15 Å². The highest BCUT2D eigenvalue weighted by Gasteiger charge is 2.34. The number of benzene rings is 2. The second kappa shape index (κ2) is 9.32. The summed E-state index contributed by atoms with van der Waals surface area (Å²) < 4.78 is 38.1. The fraction of sp³-hybridized carbons (Fsp3) is 0.348. The Morgan fingerprint density at radius 2 is 1.82 bits per heavy atom. The molecule has 2 heterocycles. The molecule has 3 aromatic rings. The lowest BCUT2D eigenvalue weighted by atomic mass is 9.99. The van der Waals surface area contributed by atoms with E-state index in [0.29, 0.717) is 31.0 Å². The predicted molar refractivity (Wildman–Crippen MR) is 122 cm³/mol. The lowest BCUT2D eigenvalue weighted by molar-refractivity contribution is -0.121. The average Bonchev–Trinajstić information content (AvgIpc) is 3.27. The van der Waals surface area contributed by atoms with Crippen LogP contribution in [0, 0.1) is 19.8 Å². The summed E-state index contributed by atoms with van der Waals surface area (Å²) in [4.78, 5) is 13.0. The van der Waals surface area contributed by atoms with Crippen LogP contribution in [0.15, 0.2) is 51.8 Å². The number of piperidine rings is 1. The Morgan fingerprint density at radius 1 is 1.12 bits per heavy atom. The van der Waals surface area contributed by atoms with E-state index in [2.05, 4.69) is 15.5 Å². The molecule has 1 fully saturated rings. The van der Waals surface area contributed by atoms with E-state index in [1.54, 1.807) is 12.1 Å². The van der Waals surface area contributed by atoms with Gasteiger partial charge < -0.3 is 9.15 Å². The van der Waals surface area contributed by atoms with Gasteiger partial charge in [-0.05, 0) is 63.1 Å². The van der Waals surface area contributed by atoms with Crippen molar-refractivity contribution in [1.29, 1.82) is 0 Å². The number of rotatable bonds is 6. The van der Waals surface area contributed by atoms with E-state index < -0.39 is 15.9 Å². The summed E-state index contributed by atoms with van der Waals surface area (Å²) in [6.07, 6.45) is 1.14. The van der Waals surface area contributed by atoms with Crippen LogP contribution in [0.4, 0.5) is 6.01 Å². The molecule has 1 unspecified atom stereocenters. The normalized spacial score (nSPS) is 17.0. The molecule has 9 nitrogen and oxygen atoms in total. The monoisotopic (exact) mass is 470 g/mol. The number of carbonyl (C=O) groups excluding carboxylic acids is 1. The number of anilines is 1. The number of carbonyl (C=O) groups is 1. The van der Waals surface area contributed by atoms with Gasteiger partial charge in [0.05, 0.1) is 17.9 Å². The van der Waals surface area contributed by atoms with Crippen LogP contribution in [0.3, 0.4) is 0 Å². The summed E-state index contributed by atoms with van der Waals surface area (Å²) >= 11 is 0. The lowest BCUT2D eigenvalue weighted by Crippen LogP contribution is -2.43. The molecule has 0 radical (unpaired) electrons. The van der Waals surface area contributed by atoms with Crippen molar-refractivity contribution in [2.75, 3.05) is 25.5 Å². The molecule has 10 heteroatoms. The van der Waals surface area contributed by atoms with E-state index in [-0.39, 0.29) is 23.4 Å². The molecule has 0 aliphatic carbocycles. The maximum Gasteiger partial charge on any atom is 0.322 e. The second-order valence-corrected chi connectivity index (χ2v) is 10.1. The first kappa shape index (κ1) is 22.9. The van der Waals surface area contributed by atoms with Gasteiger partial charge in [0.15, 0.2) is 0 Å². The Labute approximate surface area is 192 Å². The largest absolute Gasteiger partial charge is 0.497 e. The number of aromatic nitrogens is 2. The third-order valence-corrected chi connectivity index (χ3v) is 7.46. The van der Waals surface area contributed by atoms with E-state index in [1.807, 2.05) is 32.0 Å². The van der Waals surface area contributed by atoms with Crippen molar-refractivity contribution in [3.05, 3.63) is 53.6 Å². The number of hydrogen-bond acceptors (Lipinski definition) is 7. The Morgan fingerprint density at radius 3 is 2.48 bits per heavy atom. The number of nitrogens with zero attached hydrogens (tertiary/aromatic N) is 3. The Balaban J connectivity index is 1.44. The van der Waals surface area contributed by atoms with Crippen LogP contribution in [0.25, 0.3) is 11.5 Å². The van der Waals surface area contributed by atoms with Gasteiger partial charge in [0.25, 0.3) is 0 Å². The number of hydrogen-bond donors (Lipinski definition) is 1. The second-order valence-electron chi connectivity index (χ2n) is 8.16. The quantitative estimate of drug-likeness (QED) is 0.587. The number of amides is 1. The standard InChI is InChI=1S/C23H26N4O5S/c1-15-11-16(2)13-18(12-15)22-25-26-23(32-22)24-21(28)17-5-4-10-27(14-17)33(29,30)20-8-6-19(31-3)7-9-20/h6-9,11-13,17H,4-5,10,14H2,1-3H3,(H,24,26,28). The molecule has 33 heavy (non-hydrogen) atoms. The van der Waals surface area contributed by atoms with Gasteiger partial charge in [-0.3, -0.25) is 10.1 Å². The average molecular weight is 471 g/mol. The van der Waals surface area contributed by atoms with Gasteiger partial charge in [-0.15, -0.1) is 5.10 Å². The van der Waals surface area contributed by atoms with Crippen LogP contribution in [0.2, 0.25) is 0 Å². The lowest BCUT2D eigenvalue weighted by Gasteiger charge is -2.30. The first-order valence-corrected chi connectivity index (χ1v) is 12.1. The van der Waals surface area contributed by atoms with Gasteiger partial charge in [-0.1, -0.05) is 22.3 Å². The zero-order valence-corrected chi connectivity index (χ0v) is 19.6. The van der Waals surface area contributed by atoms with E-state index >= 15 is 0 Å². The molecule has 1 atom stereocenters. The van der Waals surface area contributed by atoms with Crippen LogP contribution in [-0.2, 0) is 14.8 Å². The highest BCUT2D eigenvalue weighted by Crippen LogP contribution is 2.27. The molecule has 0 saturated carbocycles. The van der Waals surface area contributed by atoms with Gasteiger partial charge in [0, 0.05) is 18.7 Å². The van der Waals surface area contributed by atoms with Gasteiger partial charge >= 0.3 is 6.01 Å². The Kier molecular flexibility index (Phi) is 6.48. The highest BCUT2D eigenvalue weighted by atomic mass is 32.2. The summed E-state index contributed by atoms with van der Waals surface area (Å²) in [7, 11) is -2.20. The molecule has 1 amide bonds. The van der Waals surface area contributed by atoms with Crippen LogP contribution in [0.5, 0.6) is 5.75 Å². The number of methoxy groups -OCH3 is 1. The number of nitrogens with one attached hydrogen (secondary N) is 1. The zero-order chi connectivity index (χ0) is 23.6. The fourth-order valence-corrected chi connectivity index (χ4v) is 5.49. The van der Waals surface area contributed by atoms with Crippen molar-refractivity contribution in [2.45, 2.75) is 31.6 Å². The van der Waals surface area contributed by atoms with Gasteiger partial charge in [0.2, 0.25) is 21.8 Å². The number of aryl methyl sites for hydroxylation is 2. The molecular formula is C23H26N4O5S. The number of ether oxygens (including phenoxy) is 1. The minimum Gasteiger partial charge on any atom is -0.497 e. The SMILES string of the molecule is COc1ccc(S(=O)(=O)N2CCCC(C(=O)Nc3nnc(-c4cc(C)cc(C)c4)o3)C2)cc1. The minimum atomic E-state index is -3.72. The smallest absolute Gasteiger partial charge is 0.322 e. The van der Waals surface area contributed by atoms with Crippen molar-refractivity contribution < 1.29 is 22.4 Å². The summed E-state index contributed by atoms with van der Waals surface area (Å²) in [6.45, 7) is 4.39. The molecule has 0 bridgehead atoms. The molecular weight excluding hydrogens is 444 g/mol. The summed E-state index contributed by atoms with van der Waals surface area (Å²) in [5.41, 5.74) is 2.90. The Bertz CT molecular complexity index is 1230. The third kappa shape index (κ3) is 5.07. The molecule has 0 spiro atoms. The number of sulfonamides is 1. The summed E-state index contributed by atoms with van der Waals surface area (Å²) in [5, 5.41) is 10.6. The first-order chi connectivity index (χ1) is 15.8. The van der Waals surface area contributed by atoms with Crippen molar-refractivity contribution in [3.63, 3.8) is 0 Å². The van der Waals surface area contributed by atoms with Crippen LogP contribution < -0.4 is 10.1 Å². The minimum absolute atomic E-state index is 0.00991. The molecule has 1 aliphatic rings. The van der Waals surface area contributed by atoms with Gasteiger partial charge in [0.1, 0.15) is 5.75 Å². The van der Waals surface area contributed by atoms with Crippen LogP contribution >= 0.6 is 0 Å². The van der Waals surface area contributed by atoms with Crippen molar-refractivity contribution >= 4 is 21.9 Å². The van der Waals surface area contributed by atoms with Crippen molar-refractivity contribution in [3.8, 4) is 17.2 Å². The topological polar surface area (TPSA) is 115 Å². The molecule has 174 valence electrons. The van der Waals surface area contributed by atoms with E-state index in [0.717, 1.165) is 16.7 Å². The third-order valence-electron chi connectivity index (χ3n) is 5.58. The van der Waals surface area contributed by atoms with Crippen molar-refractivity contribution in [1.82, 2.24) is 14.5 Å². The molecule has 2 aromatic carbocycles. The van der Waals surface area contributed by atoms with E-state index in [1.165, 1.54) is 23.5 Å². The first-order valence-electron chi connectivity index (χ1n) is 10.6. The highest BCUT2D eigenvalue weighted by molar-refractivity contribution is 7.89. The van der Waals surface area contributed by atoms with E-state index in [9.17, 15) is 13.2 Å². The zero-order valence-electron chi connectivity index (χ0n) is 18.7. The van der Waals surface area contributed by atoms with Crippen LogP contribution in [-0.4, -0.2) is 49.0 Å². The maximum atomic E-state index is 13.0. The maximum absolute atomic E-state index is 13.0. The van der Waals surface area contributed by atoms with Gasteiger partial charge in [-0.2, -0.15) is 4.31 Å². The predicted octanol–water partition coefficient (Wildman–Crippen LogP) is 3.40. The molecule has 1 aromatic heterocycles. The molecule has 4 rings (SSSR count). The Hall–Kier alpha value is -3.24. The summed E-state index contributed by atoms with van der Waals surface area (Å²) in [6, 6.07) is 12.1.